The Morgan fingerprint density at radius 2 is 1.81 bits per heavy atom. The van der Waals surface area contributed by atoms with Crippen LogP contribution in [0.1, 0.15) is 46.6 Å². The Morgan fingerprint density at radius 3 is 2.35 bits per heavy atom. The lowest BCUT2D eigenvalue weighted by atomic mass is 9.77. The van der Waals surface area contributed by atoms with Crippen LogP contribution in [0.25, 0.3) is 0 Å². The normalized spacial score (nSPS) is 26.8. The maximum absolute atomic E-state index is 13.6. The van der Waals surface area contributed by atoms with E-state index < -0.39 is 14.3 Å². The molecule has 0 unspecified atom stereocenters. The van der Waals surface area contributed by atoms with Crippen molar-refractivity contribution in [3.05, 3.63) is 41.1 Å². The van der Waals surface area contributed by atoms with Gasteiger partial charge in [-0.1, -0.05) is 39.8 Å². The van der Waals surface area contributed by atoms with Crippen LogP contribution in [0.2, 0.25) is 18.1 Å². The van der Waals surface area contributed by atoms with Crippen LogP contribution >= 0.6 is 0 Å². The van der Waals surface area contributed by atoms with Crippen molar-refractivity contribution in [2.75, 3.05) is 20.7 Å². The Labute approximate surface area is 222 Å². The van der Waals surface area contributed by atoms with Gasteiger partial charge in [-0.05, 0) is 54.7 Å². The van der Waals surface area contributed by atoms with Crippen molar-refractivity contribution < 1.29 is 28.3 Å². The number of hydroxylamine groups is 2. The molecule has 5 atom stereocenters. The minimum Gasteiger partial charge on any atom is -0.497 e. The van der Waals surface area contributed by atoms with E-state index in [0.29, 0.717) is 5.70 Å². The fraction of sp³-hybridized carbons (Fsp3) is 0.643. The van der Waals surface area contributed by atoms with Crippen molar-refractivity contribution >= 4 is 20.2 Å². The molecule has 2 saturated heterocycles. The van der Waals surface area contributed by atoms with Gasteiger partial charge in [-0.15, -0.1) is 0 Å². The number of rotatable bonds is 11. The highest BCUT2D eigenvalue weighted by Crippen LogP contribution is 2.50. The van der Waals surface area contributed by atoms with E-state index in [9.17, 15) is 9.59 Å². The molecule has 1 aromatic rings. The molecule has 0 N–H and O–H groups in total. The second-order valence-corrected chi connectivity index (χ2v) is 15.3. The molecule has 0 radical (unpaired) electrons. The van der Waals surface area contributed by atoms with Gasteiger partial charge in [-0.25, -0.2) is 4.79 Å². The summed E-state index contributed by atoms with van der Waals surface area (Å²) >= 11 is 0. The molecular formula is C28H42N2O6Si. The van der Waals surface area contributed by atoms with Crippen molar-refractivity contribution in [2.45, 2.75) is 84.0 Å². The van der Waals surface area contributed by atoms with E-state index in [4.69, 9.17) is 18.7 Å². The number of benzene rings is 1. The van der Waals surface area contributed by atoms with Crippen LogP contribution in [0.3, 0.4) is 0 Å². The second-order valence-electron chi connectivity index (χ2n) is 10.5. The molecule has 9 heteroatoms. The van der Waals surface area contributed by atoms with Crippen molar-refractivity contribution in [2.24, 2.45) is 11.8 Å². The number of hydrogen-bond acceptors (Lipinski definition) is 7. The summed E-state index contributed by atoms with van der Waals surface area (Å²) in [5.74, 6) is -0.0708. The number of esters is 1. The number of amides is 1. The summed E-state index contributed by atoms with van der Waals surface area (Å²) in [6.07, 6.45) is 0.342. The minimum absolute atomic E-state index is 0.0188. The molecule has 204 valence electrons. The van der Waals surface area contributed by atoms with E-state index in [1.807, 2.05) is 38.2 Å². The summed E-state index contributed by atoms with van der Waals surface area (Å²) in [5.41, 5.74) is 2.09. The van der Waals surface area contributed by atoms with E-state index >= 15 is 0 Å². The summed E-state index contributed by atoms with van der Waals surface area (Å²) in [6.45, 7) is 11.6. The third kappa shape index (κ3) is 5.11. The van der Waals surface area contributed by atoms with Gasteiger partial charge in [0.05, 0.1) is 25.2 Å². The van der Waals surface area contributed by atoms with Gasteiger partial charge in [0.25, 0.3) is 0 Å². The maximum Gasteiger partial charge on any atom is 0.355 e. The molecule has 1 aromatic carbocycles. The number of nitrogens with zero attached hydrogens (tertiary/aromatic N) is 2. The summed E-state index contributed by atoms with van der Waals surface area (Å²) in [7, 11) is 1.62. The topological polar surface area (TPSA) is 77.5 Å². The fourth-order valence-electron chi connectivity index (χ4n) is 6.25. The number of methoxy groups -OCH3 is 1. The monoisotopic (exact) mass is 530 g/mol. The molecule has 0 bridgehead atoms. The first-order valence-electron chi connectivity index (χ1n) is 13.6. The summed E-state index contributed by atoms with van der Waals surface area (Å²) in [6, 6.07) is 10.4. The zero-order valence-corrected chi connectivity index (χ0v) is 24.3. The van der Waals surface area contributed by atoms with Gasteiger partial charge in [0.15, 0.2) is 8.32 Å². The molecule has 8 nitrogen and oxygen atoms in total. The lowest BCUT2D eigenvalue weighted by Gasteiger charge is -2.49. The highest BCUT2D eigenvalue weighted by molar-refractivity contribution is 6.73. The lowest BCUT2D eigenvalue weighted by molar-refractivity contribution is -0.163. The molecule has 0 spiro atoms. The molecule has 3 aliphatic rings. The zero-order chi connectivity index (χ0) is 26.9. The number of fused-ring (bicyclic) bond motifs is 1. The first-order valence-corrected chi connectivity index (χ1v) is 16.2. The zero-order valence-electron chi connectivity index (χ0n) is 23.3. The summed E-state index contributed by atoms with van der Waals surface area (Å²) in [5, 5.41) is 1.80. The number of hydrogen-bond donors (Lipinski definition) is 0. The number of ether oxygens (including phenoxy) is 2. The first-order chi connectivity index (χ1) is 17.7. The third-order valence-electron chi connectivity index (χ3n) is 8.66. The van der Waals surface area contributed by atoms with Gasteiger partial charge >= 0.3 is 5.97 Å². The summed E-state index contributed by atoms with van der Waals surface area (Å²) < 4.78 is 17.7. The number of carbonyl (C=O) groups is 2. The highest BCUT2D eigenvalue weighted by Gasteiger charge is 2.62. The Bertz CT molecular complexity index is 1020. The average molecular weight is 531 g/mol. The SMILES string of the molecule is CC[Si](CC)(CC)O[C@H](C)[C@H]1C(=O)N2C(C(=O)OCc3ccc(OC)cc3)=C([C@H]3CCN(C)O3)[C@H](C)[C@@H]12. The van der Waals surface area contributed by atoms with E-state index in [-0.39, 0.29) is 42.6 Å². The van der Waals surface area contributed by atoms with E-state index in [0.717, 1.165) is 48.0 Å². The van der Waals surface area contributed by atoms with Crippen LogP contribution in [-0.2, 0) is 30.2 Å². The van der Waals surface area contributed by atoms with Crippen molar-refractivity contribution in [1.82, 2.24) is 9.96 Å². The van der Waals surface area contributed by atoms with Crippen LogP contribution < -0.4 is 4.74 Å². The molecule has 0 aromatic heterocycles. The molecule has 3 aliphatic heterocycles. The molecular weight excluding hydrogens is 488 g/mol. The van der Waals surface area contributed by atoms with Crippen LogP contribution in [0.4, 0.5) is 0 Å². The molecule has 0 aliphatic carbocycles. The van der Waals surface area contributed by atoms with Crippen LogP contribution in [-0.4, -0.2) is 69.1 Å². The average Bonchev–Trinajstić information content (AvgIpc) is 3.44. The number of carbonyl (C=O) groups excluding carboxylic acids is 2. The fourth-order valence-corrected chi connectivity index (χ4v) is 9.18. The van der Waals surface area contributed by atoms with E-state index in [1.165, 1.54) is 0 Å². The largest absolute Gasteiger partial charge is 0.497 e. The van der Waals surface area contributed by atoms with Crippen molar-refractivity contribution in [3.63, 3.8) is 0 Å². The maximum atomic E-state index is 13.6. The van der Waals surface area contributed by atoms with E-state index in [1.54, 1.807) is 17.1 Å². The standard InChI is InChI=1S/C28H42N2O6Si/c1-8-37(9-2,10-3)36-19(5)24-25-18(4)23(22-15-16-29(6)35-22)26(30(25)27(24)31)28(32)34-17-20-11-13-21(33-7)14-12-20/h11-14,18-19,22,24-25H,8-10,15-17H2,1-7H3/t18-,19+,22+,24+,25-/m0/s1. The van der Waals surface area contributed by atoms with Gasteiger partial charge in [0, 0.05) is 19.5 Å². The molecule has 0 saturated carbocycles. The third-order valence-corrected chi connectivity index (χ3v) is 13.4. The highest BCUT2D eigenvalue weighted by atomic mass is 28.4. The summed E-state index contributed by atoms with van der Waals surface area (Å²) in [4.78, 5) is 34.9. The molecule has 2 fully saturated rings. The second kappa shape index (κ2) is 11.3. The minimum atomic E-state index is -1.89. The van der Waals surface area contributed by atoms with Crippen LogP contribution in [0.15, 0.2) is 35.5 Å². The first kappa shape index (κ1) is 27.8. The van der Waals surface area contributed by atoms with Crippen molar-refractivity contribution in [1.29, 1.82) is 0 Å². The smallest absolute Gasteiger partial charge is 0.355 e. The molecule has 37 heavy (non-hydrogen) atoms. The van der Waals surface area contributed by atoms with Gasteiger partial charge < -0.3 is 18.8 Å². The van der Waals surface area contributed by atoms with Crippen LogP contribution in [0.5, 0.6) is 5.75 Å². The predicted octanol–water partition coefficient (Wildman–Crippen LogP) is 4.52. The van der Waals surface area contributed by atoms with Gasteiger partial charge in [-0.2, -0.15) is 5.06 Å². The predicted molar refractivity (Wildman–Crippen MR) is 143 cm³/mol. The Balaban J connectivity index is 1.57. The lowest BCUT2D eigenvalue weighted by Crippen LogP contribution is -2.65. The Hall–Kier alpha value is -2.20. The molecule has 3 heterocycles. The van der Waals surface area contributed by atoms with Crippen molar-refractivity contribution in [3.8, 4) is 5.75 Å². The number of β-lactam (4-membered cyclic amide) rings is 1. The van der Waals surface area contributed by atoms with Gasteiger partial charge in [0.1, 0.15) is 24.2 Å². The van der Waals surface area contributed by atoms with Gasteiger partial charge in [-0.3, -0.25) is 9.63 Å². The quantitative estimate of drug-likeness (QED) is 0.237. The molecule has 4 rings (SSSR count). The molecule has 1 amide bonds. The van der Waals surface area contributed by atoms with Gasteiger partial charge in [0.2, 0.25) is 5.91 Å². The van der Waals surface area contributed by atoms with E-state index in [2.05, 4.69) is 27.7 Å². The van der Waals surface area contributed by atoms with Crippen LogP contribution in [0, 0.1) is 11.8 Å². The Morgan fingerprint density at radius 1 is 1.16 bits per heavy atom. The Kier molecular flexibility index (Phi) is 8.47.